The number of nitrogens with one attached hydrogen (secondary N) is 2. The van der Waals surface area contributed by atoms with Crippen LogP contribution in [0.2, 0.25) is 0 Å². The zero-order valence-corrected chi connectivity index (χ0v) is 16.7. The molecular formula is C23H25N3O3. The van der Waals surface area contributed by atoms with Crippen LogP contribution in [0.4, 0.5) is 0 Å². The Labute approximate surface area is 168 Å². The molecule has 1 heterocycles. The van der Waals surface area contributed by atoms with Crippen molar-refractivity contribution in [2.75, 3.05) is 0 Å². The number of hydrogen-bond donors (Lipinski definition) is 2. The summed E-state index contributed by atoms with van der Waals surface area (Å²) in [5.74, 6) is -0.105. The normalized spacial score (nSPS) is 17.7. The first-order valence-corrected chi connectivity index (χ1v) is 9.97. The number of aromatic amines is 1. The number of H-pyrrole nitrogens is 1. The number of para-hydroxylation sites is 1. The van der Waals surface area contributed by atoms with Crippen molar-refractivity contribution in [3.8, 4) is 0 Å². The van der Waals surface area contributed by atoms with Gasteiger partial charge in [0, 0.05) is 13.0 Å². The number of carbonyl (C=O) groups is 1. The maximum absolute atomic E-state index is 12.7. The number of nitrogens with zero attached hydrogens (tertiary/aromatic N) is 1. The van der Waals surface area contributed by atoms with E-state index in [0.717, 1.165) is 12.8 Å². The number of benzene rings is 2. The van der Waals surface area contributed by atoms with Gasteiger partial charge < -0.3 is 5.32 Å². The van der Waals surface area contributed by atoms with E-state index in [4.69, 9.17) is 0 Å². The second-order valence-corrected chi connectivity index (χ2v) is 8.31. The second kappa shape index (κ2) is 7.35. The molecule has 4 rings (SSSR count). The Balaban J connectivity index is 1.52. The zero-order valence-electron chi connectivity index (χ0n) is 16.7. The van der Waals surface area contributed by atoms with Crippen molar-refractivity contribution >= 4 is 16.8 Å². The number of hydrogen-bond acceptors (Lipinski definition) is 3. The van der Waals surface area contributed by atoms with E-state index in [-0.39, 0.29) is 30.3 Å². The molecular weight excluding hydrogens is 366 g/mol. The highest BCUT2D eigenvalue weighted by Gasteiger charge is 2.32. The Hall–Kier alpha value is -3.15. The quantitative estimate of drug-likeness (QED) is 0.717. The topological polar surface area (TPSA) is 84.0 Å². The lowest BCUT2D eigenvalue weighted by Gasteiger charge is -2.37. The molecule has 1 aliphatic carbocycles. The minimum Gasteiger partial charge on any atom is -0.349 e. The van der Waals surface area contributed by atoms with Crippen LogP contribution in [0.1, 0.15) is 50.3 Å². The Morgan fingerprint density at radius 2 is 1.86 bits per heavy atom. The molecule has 3 aromatic rings. The van der Waals surface area contributed by atoms with Crippen molar-refractivity contribution in [3.63, 3.8) is 0 Å². The van der Waals surface area contributed by atoms with Gasteiger partial charge in [0.1, 0.15) is 0 Å². The Bertz CT molecular complexity index is 1190. The van der Waals surface area contributed by atoms with Gasteiger partial charge in [0.25, 0.3) is 5.56 Å². The molecule has 0 fully saturated rings. The molecule has 1 unspecified atom stereocenters. The minimum atomic E-state index is -0.494. The summed E-state index contributed by atoms with van der Waals surface area (Å²) in [7, 11) is 0. The Morgan fingerprint density at radius 1 is 1.14 bits per heavy atom. The van der Waals surface area contributed by atoms with Crippen LogP contribution in [-0.4, -0.2) is 15.5 Å². The molecule has 1 amide bonds. The SMILES string of the molecule is CC1(C)CCC(NC(=O)CCn2c(=O)[nH]c(=O)c3ccccc32)c2ccccc21. The predicted molar refractivity (Wildman–Crippen MR) is 113 cm³/mol. The van der Waals surface area contributed by atoms with Crippen molar-refractivity contribution in [1.82, 2.24) is 14.9 Å². The lowest BCUT2D eigenvalue weighted by atomic mass is 9.71. The fraction of sp³-hybridized carbons (Fsp3) is 0.348. The van der Waals surface area contributed by atoms with Gasteiger partial charge in [0.05, 0.1) is 16.9 Å². The fourth-order valence-electron chi connectivity index (χ4n) is 4.31. The molecule has 2 aromatic carbocycles. The maximum Gasteiger partial charge on any atom is 0.328 e. The first-order chi connectivity index (χ1) is 13.9. The van der Waals surface area contributed by atoms with Crippen LogP contribution >= 0.6 is 0 Å². The van der Waals surface area contributed by atoms with Crippen molar-refractivity contribution < 1.29 is 4.79 Å². The van der Waals surface area contributed by atoms with Gasteiger partial charge in [-0.15, -0.1) is 0 Å². The first kappa shape index (κ1) is 19.2. The molecule has 6 nitrogen and oxygen atoms in total. The molecule has 1 aromatic heterocycles. The van der Waals surface area contributed by atoms with Gasteiger partial charge in [-0.1, -0.05) is 50.2 Å². The summed E-state index contributed by atoms with van der Waals surface area (Å²) >= 11 is 0. The average Bonchev–Trinajstić information content (AvgIpc) is 2.70. The van der Waals surface area contributed by atoms with Crippen molar-refractivity contribution in [1.29, 1.82) is 0 Å². The predicted octanol–water partition coefficient (Wildman–Crippen LogP) is 3.01. The van der Waals surface area contributed by atoms with Crippen LogP contribution in [-0.2, 0) is 16.8 Å². The van der Waals surface area contributed by atoms with Crippen LogP contribution in [0.5, 0.6) is 0 Å². The van der Waals surface area contributed by atoms with Gasteiger partial charge in [0.15, 0.2) is 0 Å². The average molecular weight is 391 g/mol. The third-order valence-corrected chi connectivity index (χ3v) is 5.93. The van der Waals surface area contributed by atoms with Crippen molar-refractivity contribution in [3.05, 3.63) is 80.5 Å². The molecule has 0 saturated heterocycles. The number of aryl methyl sites for hydroxylation is 1. The molecule has 2 N–H and O–H groups in total. The Kier molecular flexibility index (Phi) is 4.86. The molecule has 6 heteroatoms. The smallest absolute Gasteiger partial charge is 0.328 e. The number of fused-ring (bicyclic) bond motifs is 2. The third-order valence-electron chi connectivity index (χ3n) is 5.93. The molecule has 0 spiro atoms. The lowest BCUT2D eigenvalue weighted by Crippen LogP contribution is -2.37. The highest BCUT2D eigenvalue weighted by molar-refractivity contribution is 5.79. The molecule has 0 aliphatic heterocycles. The molecule has 150 valence electrons. The van der Waals surface area contributed by atoms with Gasteiger partial charge in [-0.25, -0.2) is 4.79 Å². The third kappa shape index (κ3) is 3.62. The maximum atomic E-state index is 12.7. The van der Waals surface area contributed by atoms with Crippen LogP contribution in [0.15, 0.2) is 58.1 Å². The molecule has 29 heavy (non-hydrogen) atoms. The summed E-state index contributed by atoms with van der Waals surface area (Å²) in [6.07, 6.45) is 2.05. The van der Waals surface area contributed by atoms with Gasteiger partial charge in [-0.05, 0) is 41.5 Å². The minimum absolute atomic E-state index is 0.0178. The summed E-state index contributed by atoms with van der Waals surface area (Å²) in [5, 5.41) is 3.58. The fourth-order valence-corrected chi connectivity index (χ4v) is 4.31. The van der Waals surface area contributed by atoms with E-state index < -0.39 is 11.2 Å². The highest BCUT2D eigenvalue weighted by atomic mass is 16.2. The molecule has 0 radical (unpaired) electrons. The largest absolute Gasteiger partial charge is 0.349 e. The summed E-state index contributed by atoms with van der Waals surface area (Å²) in [4.78, 5) is 39.2. The van der Waals surface area contributed by atoms with Gasteiger partial charge in [-0.2, -0.15) is 0 Å². The molecule has 0 bridgehead atoms. The number of aromatic nitrogens is 2. The lowest BCUT2D eigenvalue weighted by molar-refractivity contribution is -0.122. The summed E-state index contributed by atoms with van der Waals surface area (Å²) in [6.45, 7) is 4.68. The van der Waals surface area contributed by atoms with Crippen molar-refractivity contribution in [2.24, 2.45) is 0 Å². The van der Waals surface area contributed by atoms with E-state index >= 15 is 0 Å². The first-order valence-electron chi connectivity index (χ1n) is 9.97. The van der Waals surface area contributed by atoms with Gasteiger partial charge in [0.2, 0.25) is 5.91 Å². The van der Waals surface area contributed by atoms with E-state index in [0.29, 0.717) is 10.9 Å². The van der Waals surface area contributed by atoms with E-state index in [1.165, 1.54) is 15.7 Å². The van der Waals surface area contributed by atoms with Crippen LogP contribution in [0, 0.1) is 0 Å². The van der Waals surface area contributed by atoms with E-state index in [2.05, 4.69) is 36.3 Å². The van der Waals surface area contributed by atoms with Crippen LogP contribution in [0.3, 0.4) is 0 Å². The van der Waals surface area contributed by atoms with E-state index in [1.807, 2.05) is 12.1 Å². The van der Waals surface area contributed by atoms with Gasteiger partial charge >= 0.3 is 5.69 Å². The van der Waals surface area contributed by atoms with Crippen LogP contribution < -0.4 is 16.6 Å². The monoisotopic (exact) mass is 391 g/mol. The number of rotatable bonds is 4. The van der Waals surface area contributed by atoms with E-state index in [1.54, 1.807) is 24.3 Å². The summed E-state index contributed by atoms with van der Waals surface area (Å²) < 4.78 is 1.45. The zero-order chi connectivity index (χ0) is 20.6. The molecule has 0 saturated carbocycles. The van der Waals surface area contributed by atoms with Crippen LogP contribution in [0.25, 0.3) is 10.9 Å². The molecule has 1 atom stereocenters. The highest BCUT2D eigenvalue weighted by Crippen LogP contribution is 2.41. The second-order valence-electron chi connectivity index (χ2n) is 8.31. The van der Waals surface area contributed by atoms with Gasteiger partial charge in [-0.3, -0.25) is 19.1 Å². The molecule has 1 aliphatic rings. The number of carbonyl (C=O) groups excluding carboxylic acids is 1. The Morgan fingerprint density at radius 3 is 2.69 bits per heavy atom. The van der Waals surface area contributed by atoms with Crippen molar-refractivity contribution in [2.45, 2.75) is 51.1 Å². The summed E-state index contributed by atoms with van der Waals surface area (Å²) in [6, 6.07) is 15.2. The standard InChI is InChI=1S/C23H25N3O3/c1-23(2)13-11-18(15-7-3-5-9-17(15)23)24-20(27)12-14-26-19-10-6-4-8-16(19)21(28)25-22(26)29/h3-10,18H,11-14H2,1-2H3,(H,24,27)(H,25,28,29). The number of amides is 1. The van der Waals surface area contributed by atoms with E-state index in [9.17, 15) is 14.4 Å². The summed E-state index contributed by atoms with van der Waals surface area (Å²) in [5.41, 5.74) is 2.18.